The van der Waals surface area contributed by atoms with E-state index in [2.05, 4.69) is 6.58 Å². The van der Waals surface area contributed by atoms with Crippen molar-refractivity contribution in [3.8, 4) is 0 Å². The summed E-state index contributed by atoms with van der Waals surface area (Å²) in [4.78, 5) is 11.5. The van der Waals surface area contributed by atoms with Gasteiger partial charge in [0.2, 0.25) is 0 Å². The second kappa shape index (κ2) is 3.30. The Hall–Kier alpha value is -0.790. The molecule has 0 aromatic rings. The maximum absolute atomic E-state index is 11.5. The van der Waals surface area contributed by atoms with E-state index in [1.807, 2.05) is 19.9 Å². The maximum Gasteiger partial charge on any atom is 0.312 e. The lowest BCUT2D eigenvalue weighted by molar-refractivity contribution is -0.150. The molecule has 0 heterocycles. The number of carbonyl (C=O) groups excluding carboxylic acids is 1. The third-order valence-electron chi connectivity index (χ3n) is 2.73. The smallest absolute Gasteiger partial charge is 0.312 e. The molecule has 12 heavy (non-hydrogen) atoms. The van der Waals surface area contributed by atoms with E-state index in [0.29, 0.717) is 12.5 Å². The zero-order valence-corrected chi connectivity index (χ0v) is 7.80. The largest absolute Gasteiger partial charge is 0.466 e. The molecule has 0 amide bonds. The first-order chi connectivity index (χ1) is 5.71. The van der Waals surface area contributed by atoms with Crippen LogP contribution in [0.2, 0.25) is 0 Å². The normalized spacial score (nSPS) is 32.7. The molecule has 0 spiro atoms. The summed E-state index contributed by atoms with van der Waals surface area (Å²) in [5, 5.41) is 0. The average Bonchev–Trinajstić information content (AvgIpc) is 2.80. The lowest BCUT2D eigenvalue weighted by atomic mass is 10.0. The molecule has 68 valence electrons. The fourth-order valence-corrected chi connectivity index (χ4v) is 1.70. The summed E-state index contributed by atoms with van der Waals surface area (Å²) in [5.74, 6) is 0.305. The molecule has 1 saturated carbocycles. The molecule has 0 saturated heterocycles. The topological polar surface area (TPSA) is 26.3 Å². The van der Waals surface area contributed by atoms with Crippen LogP contribution >= 0.6 is 0 Å². The minimum Gasteiger partial charge on any atom is -0.466 e. The molecule has 0 aromatic carbocycles. The van der Waals surface area contributed by atoms with E-state index in [-0.39, 0.29) is 11.4 Å². The molecular formula is C10H16O2. The van der Waals surface area contributed by atoms with Gasteiger partial charge in [0.1, 0.15) is 0 Å². The number of ether oxygens (including phenoxy) is 1. The van der Waals surface area contributed by atoms with Crippen LogP contribution in [0.3, 0.4) is 0 Å². The molecule has 0 aliphatic heterocycles. The fourth-order valence-electron chi connectivity index (χ4n) is 1.70. The summed E-state index contributed by atoms with van der Waals surface area (Å²) in [6, 6.07) is 0. The second-order valence-corrected chi connectivity index (χ2v) is 3.28. The van der Waals surface area contributed by atoms with E-state index in [1.165, 1.54) is 0 Å². The summed E-state index contributed by atoms with van der Waals surface area (Å²) in [6.07, 6.45) is 3.65. The molecule has 0 bridgehead atoms. The first-order valence-electron chi connectivity index (χ1n) is 4.51. The van der Waals surface area contributed by atoms with Crippen LogP contribution in [-0.4, -0.2) is 12.6 Å². The Bertz CT molecular complexity index is 198. The van der Waals surface area contributed by atoms with Crippen molar-refractivity contribution in [2.75, 3.05) is 6.61 Å². The fraction of sp³-hybridized carbons (Fsp3) is 0.700. The monoisotopic (exact) mass is 168 g/mol. The first-order valence-corrected chi connectivity index (χ1v) is 4.51. The van der Waals surface area contributed by atoms with Crippen LogP contribution < -0.4 is 0 Å². The van der Waals surface area contributed by atoms with Crippen molar-refractivity contribution >= 4 is 5.97 Å². The SMILES string of the molecule is C=C[C@H]1C[C@]1(CC)C(=O)OCC. The predicted molar refractivity (Wildman–Crippen MR) is 47.7 cm³/mol. The lowest BCUT2D eigenvalue weighted by Gasteiger charge is -2.11. The van der Waals surface area contributed by atoms with Crippen molar-refractivity contribution < 1.29 is 9.53 Å². The van der Waals surface area contributed by atoms with Crippen molar-refractivity contribution in [1.29, 1.82) is 0 Å². The van der Waals surface area contributed by atoms with Crippen molar-refractivity contribution in [2.45, 2.75) is 26.7 Å². The quantitative estimate of drug-likeness (QED) is 0.475. The van der Waals surface area contributed by atoms with Crippen LogP contribution in [0, 0.1) is 11.3 Å². The summed E-state index contributed by atoms with van der Waals surface area (Å²) < 4.78 is 5.01. The second-order valence-electron chi connectivity index (χ2n) is 3.28. The highest BCUT2D eigenvalue weighted by Crippen LogP contribution is 2.56. The number of rotatable bonds is 4. The maximum atomic E-state index is 11.5. The molecule has 0 aromatic heterocycles. The number of allylic oxidation sites excluding steroid dienone is 1. The Balaban J connectivity index is 2.58. The van der Waals surface area contributed by atoms with Crippen molar-refractivity contribution in [1.82, 2.24) is 0 Å². The predicted octanol–water partition coefficient (Wildman–Crippen LogP) is 2.15. The van der Waals surface area contributed by atoms with E-state index in [0.717, 1.165) is 12.8 Å². The Kier molecular flexibility index (Phi) is 2.55. The van der Waals surface area contributed by atoms with E-state index in [9.17, 15) is 4.79 Å². The number of hydrogen-bond donors (Lipinski definition) is 0. The molecule has 0 N–H and O–H groups in total. The highest BCUT2D eigenvalue weighted by molar-refractivity contribution is 5.81. The van der Waals surface area contributed by atoms with Gasteiger partial charge in [0.05, 0.1) is 12.0 Å². The zero-order chi connectivity index (χ0) is 9.19. The van der Waals surface area contributed by atoms with Gasteiger partial charge in [0, 0.05) is 0 Å². The molecule has 2 atom stereocenters. The van der Waals surface area contributed by atoms with E-state index >= 15 is 0 Å². The van der Waals surface area contributed by atoms with Crippen LogP contribution in [0.25, 0.3) is 0 Å². The van der Waals surface area contributed by atoms with E-state index in [4.69, 9.17) is 4.74 Å². The molecule has 1 fully saturated rings. The third kappa shape index (κ3) is 1.26. The third-order valence-corrected chi connectivity index (χ3v) is 2.73. The Morgan fingerprint density at radius 2 is 2.42 bits per heavy atom. The molecular weight excluding hydrogens is 152 g/mol. The van der Waals surface area contributed by atoms with Gasteiger partial charge in [0.25, 0.3) is 0 Å². The van der Waals surface area contributed by atoms with Gasteiger partial charge < -0.3 is 4.74 Å². The van der Waals surface area contributed by atoms with Crippen molar-refractivity contribution in [3.63, 3.8) is 0 Å². The average molecular weight is 168 g/mol. The first kappa shape index (κ1) is 9.30. The molecule has 0 unspecified atom stereocenters. The van der Waals surface area contributed by atoms with Crippen LogP contribution in [0.1, 0.15) is 26.7 Å². The number of esters is 1. The van der Waals surface area contributed by atoms with Gasteiger partial charge in [0.15, 0.2) is 0 Å². The highest BCUT2D eigenvalue weighted by Gasteiger charge is 2.57. The lowest BCUT2D eigenvalue weighted by Crippen LogP contribution is -2.20. The Morgan fingerprint density at radius 1 is 1.75 bits per heavy atom. The zero-order valence-electron chi connectivity index (χ0n) is 7.80. The summed E-state index contributed by atoms with van der Waals surface area (Å²) in [7, 11) is 0. The Morgan fingerprint density at radius 3 is 2.75 bits per heavy atom. The number of carbonyl (C=O) groups is 1. The molecule has 2 nitrogen and oxygen atoms in total. The molecule has 1 rings (SSSR count). The van der Waals surface area contributed by atoms with Gasteiger partial charge in [-0.3, -0.25) is 4.79 Å². The van der Waals surface area contributed by atoms with Crippen LogP contribution in [0.4, 0.5) is 0 Å². The van der Waals surface area contributed by atoms with Gasteiger partial charge in [-0.1, -0.05) is 13.0 Å². The van der Waals surface area contributed by atoms with Gasteiger partial charge >= 0.3 is 5.97 Å². The number of hydrogen-bond acceptors (Lipinski definition) is 2. The van der Waals surface area contributed by atoms with Crippen molar-refractivity contribution in [3.05, 3.63) is 12.7 Å². The highest BCUT2D eigenvalue weighted by atomic mass is 16.5. The summed E-state index contributed by atoms with van der Waals surface area (Å²) in [5.41, 5.74) is -0.211. The van der Waals surface area contributed by atoms with E-state index in [1.54, 1.807) is 0 Å². The summed E-state index contributed by atoms with van der Waals surface area (Å²) in [6.45, 7) is 8.05. The Labute approximate surface area is 73.6 Å². The van der Waals surface area contributed by atoms with E-state index < -0.39 is 0 Å². The van der Waals surface area contributed by atoms with Gasteiger partial charge in [-0.05, 0) is 25.7 Å². The minimum absolute atomic E-state index is 0.0441. The molecule has 2 heteroatoms. The molecule has 0 radical (unpaired) electrons. The van der Waals surface area contributed by atoms with Crippen molar-refractivity contribution in [2.24, 2.45) is 11.3 Å². The van der Waals surface area contributed by atoms with Crippen LogP contribution in [-0.2, 0) is 9.53 Å². The van der Waals surface area contributed by atoms with Crippen LogP contribution in [0.15, 0.2) is 12.7 Å². The van der Waals surface area contributed by atoms with Gasteiger partial charge in [-0.2, -0.15) is 0 Å². The minimum atomic E-state index is -0.211. The van der Waals surface area contributed by atoms with Gasteiger partial charge in [-0.15, -0.1) is 6.58 Å². The molecule has 1 aliphatic rings. The molecule has 1 aliphatic carbocycles. The van der Waals surface area contributed by atoms with Crippen LogP contribution in [0.5, 0.6) is 0 Å². The standard InChI is InChI=1S/C10H16O2/c1-4-8-7-10(8,5-2)9(11)12-6-3/h4,8H,1,5-7H2,2-3H3/t8-,10-/m0/s1. The summed E-state index contributed by atoms with van der Waals surface area (Å²) >= 11 is 0. The van der Waals surface area contributed by atoms with Gasteiger partial charge in [-0.25, -0.2) is 0 Å².